The maximum Gasteiger partial charge on any atom is 0.231 e. The number of fused-ring (bicyclic) bond motifs is 1. The van der Waals surface area contributed by atoms with E-state index in [0.29, 0.717) is 13.2 Å². The first kappa shape index (κ1) is 18.4. The number of morpholine rings is 1. The molecule has 0 aliphatic carbocycles. The molecule has 144 valence electrons. The Morgan fingerprint density at radius 2 is 1.93 bits per heavy atom. The van der Waals surface area contributed by atoms with Gasteiger partial charge >= 0.3 is 0 Å². The molecule has 0 unspecified atom stereocenters. The number of hydrogen-bond donors (Lipinski definition) is 1. The van der Waals surface area contributed by atoms with Gasteiger partial charge in [-0.2, -0.15) is 0 Å². The number of carbonyl (C=O) groups excluding carboxylic acids is 1. The molecule has 1 amide bonds. The number of amides is 1. The molecule has 3 aromatic rings. The molecule has 0 radical (unpaired) electrons. The molecule has 28 heavy (non-hydrogen) atoms. The lowest BCUT2D eigenvalue weighted by molar-refractivity contribution is -0.117. The maximum absolute atomic E-state index is 12.8. The average molecular weight is 376 g/mol. The fourth-order valence-electron chi connectivity index (χ4n) is 3.63. The van der Waals surface area contributed by atoms with Crippen LogP contribution < -0.4 is 10.2 Å². The first-order valence-corrected chi connectivity index (χ1v) is 9.69. The summed E-state index contributed by atoms with van der Waals surface area (Å²) in [5, 5.41) is 4.03. The third-order valence-corrected chi connectivity index (χ3v) is 5.12. The van der Waals surface area contributed by atoms with E-state index in [1.165, 1.54) is 0 Å². The predicted octanol–water partition coefficient (Wildman–Crippen LogP) is 3.60. The van der Waals surface area contributed by atoms with Crippen LogP contribution >= 0.6 is 0 Å². The van der Waals surface area contributed by atoms with Crippen molar-refractivity contribution in [1.29, 1.82) is 0 Å². The SMILES string of the molecule is CC[C@H](C(=O)Nc1ccc2c(N3CCOCC3)ncnc2c1)c1ccccc1. The Morgan fingerprint density at radius 3 is 2.68 bits per heavy atom. The van der Waals surface area contributed by atoms with Crippen molar-refractivity contribution in [3.05, 3.63) is 60.4 Å². The zero-order valence-electron chi connectivity index (χ0n) is 16.0. The van der Waals surface area contributed by atoms with E-state index >= 15 is 0 Å². The second-order valence-corrected chi connectivity index (χ2v) is 6.89. The van der Waals surface area contributed by atoms with Crippen LogP contribution in [0.3, 0.4) is 0 Å². The van der Waals surface area contributed by atoms with Gasteiger partial charge in [0.2, 0.25) is 5.91 Å². The van der Waals surface area contributed by atoms with Crippen molar-refractivity contribution in [3.8, 4) is 0 Å². The van der Waals surface area contributed by atoms with Crippen LogP contribution in [-0.4, -0.2) is 42.2 Å². The van der Waals surface area contributed by atoms with Crippen LogP contribution in [0.1, 0.15) is 24.8 Å². The van der Waals surface area contributed by atoms with Crippen molar-refractivity contribution in [2.45, 2.75) is 19.3 Å². The zero-order chi connectivity index (χ0) is 19.3. The first-order chi connectivity index (χ1) is 13.8. The predicted molar refractivity (Wildman–Crippen MR) is 111 cm³/mol. The fourth-order valence-corrected chi connectivity index (χ4v) is 3.63. The molecule has 2 heterocycles. The Hall–Kier alpha value is -2.99. The zero-order valence-corrected chi connectivity index (χ0v) is 16.0. The van der Waals surface area contributed by atoms with Gasteiger partial charge in [-0.1, -0.05) is 37.3 Å². The number of rotatable bonds is 5. The Balaban J connectivity index is 1.57. The Labute approximate surface area is 164 Å². The number of anilines is 2. The van der Waals surface area contributed by atoms with Gasteiger partial charge in [0.15, 0.2) is 0 Å². The van der Waals surface area contributed by atoms with Gasteiger partial charge in [-0.05, 0) is 30.2 Å². The van der Waals surface area contributed by atoms with Crippen LogP contribution in [0, 0.1) is 0 Å². The highest BCUT2D eigenvalue weighted by molar-refractivity contribution is 5.99. The molecule has 0 spiro atoms. The van der Waals surface area contributed by atoms with Gasteiger partial charge in [0.05, 0.1) is 24.6 Å². The molecule has 1 saturated heterocycles. The molecule has 4 rings (SSSR count). The molecule has 2 aromatic carbocycles. The van der Waals surface area contributed by atoms with Gasteiger partial charge in [0.1, 0.15) is 12.1 Å². The summed E-state index contributed by atoms with van der Waals surface area (Å²) >= 11 is 0. The third kappa shape index (κ3) is 3.82. The van der Waals surface area contributed by atoms with E-state index in [1.807, 2.05) is 55.5 Å². The minimum Gasteiger partial charge on any atom is -0.378 e. The largest absolute Gasteiger partial charge is 0.378 e. The smallest absolute Gasteiger partial charge is 0.231 e. The lowest BCUT2D eigenvalue weighted by Crippen LogP contribution is -2.36. The van der Waals surface area contributed by atoms with Gasteiger partial charge in [-0.15, -0.1) is 0 Å². The summed E-state index contributed by atoms with van der Waals surface area (Å²) in [5.74, 6) is 0.739. The summed E-state index contributed by atoms with van der Waals surface area (Å²) in [6.07, 6.45) is 2.32. The molecule has 6 heteroatoms. The second kappa shape index (κ2) is 8.35. The van der Waals surface area contributed by atoms with Crippen LogP contribution in [0.2, 0.25) is 0 Å². The van der Waals surface area contributed by atoms with E-state index in [9.17, 15) is 4.79 Å². The van der Waals surface area contributed by atoms with Crippen LogP contribution in [0.4, 0.5) is 11.5 Å². The van der Waals surface area contributed by atoms with E-state index < -0.39 is 0 Å². The number of benzene rings is 2. The summed E-state index contributed by atoms with van der Waals surface area (Å²) in [7, 11) is 0. The molecular formula is C22H24N4O2. The minimum absolute atomic E-state index is 0.00416. The van der Waals surface area contributed by atoms with E-state index in [0.717, 1.165) is 47.5 Å². The van der Waals surface area contributed by atoms with E-state index in [1.54, 1.807) is 6.33 Å². The summed E-state index contributed by atoms with van der Waals surface area (Å²) in [5.41, 5.74) is 2.60. The highest BCUT2D eigenvalue weighted by Gasteiger charge is 2.19. The average Bonchev–Trinajstić information content (AvgIpc) is 2.75. The minimum atomic E-state index is -0.175. The van der Waals surface area contributed by atoms with Crippen molar-refractivity contribution >= 4 is 28.3 Å². The fraction of sp³-hybridized carbons (Fsp3) is 0.318. The number of nitrogens with zero attached hydrogens (tertiary/aromatic N) is 3. The molecular weight excluding hydrogens is 352 g/mol. The summed E-state index contributed by atoms with van der Waals surface area (Å²) in [6, 6.07) is 15.7. The summed E-state index contributed by atoms with van der Waals surface area (Å²) in [6.45, 7) is 5.08. The Bertz CT molecular complexity index is 955. The summed E-state index contributed by atoms with van der Waals surface area (Å²) < 4.78 is 5.43. The molecule has 1 N–H and O–H groups in total. The Kier molecular flexibility index (Phi) is 5.48. The van der Waals surface area contributed by atoms with Gasteiger partial charge < -0.3 is 15.0 Å². The van der Waals surface area contributed by atoms with Crippen molar-refractivity contribution in [3.63, 3.8) is 0 Å². The maximum atomic E-state index is 12.8. The monoisotopic (exact) mass is 376 g/mol. The molecule has 1 aliphatic heterocycles. The van der Waals surface area contributed by atoms with Gasteiger partial charge in [0.25, 0.3) is 0 Å². The topological polar surface area (TPSA) is 67.4 Å². The lowest BCUT2D eigenvalue weighted by atomic mass is 9.95. The molecule has 1 aromatic heterocycles. The second-order valence-electron chi connectivity index (χ2n) is 6.89. The normalized spacial score (nSPS) is 15.4. The highest BCUT2D eigenvalue weighted by Crippen LogP contribution is 2.27. The third-order valence-electron chi connectivity index (χ3n) is 5.12. The lowest BCUT2D eigenvalue weighted by Gasteiger charge is -2.28. The first-order valence-electron chi connectivity index (χ1n) is 9.69. The van der Waals surface area contributed by atoms with Crippen molar-refractivity contribution in [1.82, 2.24) is 9.97 Å². The van der Waals surface area contributed by atoms with E-state index in [4.69, 9.17) is 4.74 Å². The molecule has 0 saturated carbocycles. The molecule has 6 nitrogen and oxygen atoms in total. The van der Waals surface area contributed by atoms with Crippen molar-refractivity contribution < 1.29 is 9.53 Å². The van der Waals surface area contributed by atoms with E-state index in [-0.39, 0.29) is 11.8 Å². The number of ether oxygens (including phenoxy) is 1. The summed E-state index contributed by atoms with van der Waals surface area (Å²) in [4.78, 5) is 23.9. The van der Waals surface area contributed by atoms with Crippen LogP contribution in [0.15, 0.2) is 54.9 Å². The van der Waals surface area contributed by atoms with Crippen LogP contribution in [0.25, 0.3) is 10.9 Å². The molecule has 1 fully saturated rings. The quantitative estimate of drug-likeness (QED) is 0.737. The van der Waals surface area contributed by atoms with Gasteiger partial charge in [-0.3, -0.25) is 4.79 Å². The van der Waals surface area contributed by atoms with Crippen LogP contribution in [-0.2, 0) is 9.53 Å². The number of carbonyl (C=O) groups is 1. The standard InChI is InChI=1S/C22H24N4O2/c1-2-18(16-6-4-3-5-7-16)22(27)25-17-8-9-19-20(14-17)23-15-24-21(19)26-10-12-28-13-11-26/h3-9,14-15,18H,2,10-13H2,1H3,(H,25,27)/t18-/m0/s1. The number of hydrogen-bond acceptors (Lipinski definition) is 5. The molecule has 1 atom stereocenters. The van der Waals surface area contributed by atoms with Crippen LogP contribution in [0.5, 0.6) is 0 Å². The van der Waals surface area contributed by atoms with Gasteiger partial charge in [0, 0.05) is 24.2 Å². The van der Waals surface area contributed by atoms with Crippen molar-refractivity contribution in [2.75, 3.05) is 36.5 Å². The van der Waals surface area contributed by atoms with Gasteiger partial charge in [-0.25, -0.2) is 9.97 Å². The highest BCUT2D eigenvalue weighted by atomic mass is 16.5. The molecule has 1 aliphatic rings. The molecule has 0 bridgehead atoms. The number of nitrogens with one attached hydrogen (secondary N) is 1. The van der Waals surface area contributed by atoms with E-state index in [2.05, 4.69) is 20.2 Å². The number of aromatic nitrogens is 2. The van der Waals surface area contributed by atoms with Crippen molar-refractivity contribution in [2.24, 2.45) is 0 Å². The Morgan fingerprint density at radius 1 is 1.14 bits per heavy atom.